The van der Waals surface area contributed by atoms with Crippen molar-refractivity contribution in [1.82, 2.24) is 0 Å². The van der Waals surface area contributed by atoms with Crippen LogP contribution in [0.2, 0.25) is 0 Å². The largest absolute Gasteiger partial charge is 0.372 e. The van der Waals surface area contributed by atoms with Crippen molar-refractivity contribution in [2.75, 3.05) is 10.6 Å². The van der Waals surface area contributed by atoms with E-state index >= 15 is 0 Å². The number of nitrogens with one attached hydrogen (secondary N) is 2. The Bertz CT molecular complexity index is 1160. The lowest BCUT2D eigenvalue weighted by Crippen LogP contribution is -2.27. The summed E-state index contributed by atoms with van der Waals surface area (Å²) in [5.74, 6) is -1.75. The topological polar surface area (TPSA) is 41.1 Å². The number of para-hydroxylation sites is 2. The van der Waals surface area contributed by atoms with E-state index in [-0.39, 0.29) is 11.7 Å². The van der Waals surface area contributed by atoms with E-state index in [1.807, 2.05) is 54.6 Å². The lowest BCUT2D eigenvalue weighted by Gasteiger charge is -2.30. The van der Waals surface area contributed by atoms with Crippen molar-refractivity contribution in [3.63, 3.8) is 0 Å². The molecule has 2 atom stereocenters. The van der Waals surface area contributed by atoms with Gasteiger partial charge in [0.1, 0.15) is 0 Å². The summed E-state index contributed by atoms with van der Waals surface area (Å²) in [4.78, 5) is 13.3. The van der Waals surface area contributed by atoms with Gasteiger partial charge in [-0.25, -0.2) is 8.78 Å². The van der Waals surface area contributed by atoms with Gasteiger partial charge in [0.25, 0.3) is 0 Å². The Labute approximate surface area is 173 Å². The number of allylic oxidation sites excluding steroid dienone is 1. The van der Waals surface area contributed by atoms with Gasteiger partial charge >= 0.3 is 0 Å². The summed E-state index contributed by atoms with van der Waals surface area (Å²) >= 11 is 0. The lowest BCUT2D eigenvalue weighted by atomic mass is 9.78. The Kier molecular flexibility index (Phi) is 4.58. The minimum absolute atomic E-state index is 0.00708. The molecule has 1 heterocycles. The average molecular weight is 402 g/mol. The highest BCUT2D eigenvalue weighted by molar-refractivity contribution is 6.01. The Morgan fingerprint density at radius 1 is 0.767 bits per heavy atom. The molecular formula is C25H20F2N2O. The van der Waals surface area contributed by atoms with Crippen molar-refractivity contribution in [2.24, 2.45) is 0 Å². The van der Waals surface area contributed by atoms with Crippen molar-refractivity contribution in [3.05, 3.63) is 107 Å². The number of hydrogen-bond donors (Lipinski definition) is 2. The molecule has 0 saturated heterocycles. The second kappa shape index (κ2) is 7.41. The molecule has 2 N–H and O–H groups in total. The molecule has 1 aliphatic carbocycles. The number of rotatable bonds is 2. The normalized spacial score (nSPS) is 20.5. The minimum Gasteiger partial charge on any atom is -0.372 e. The van der Waals surface area contributed by atoms with Gasteiger partial charge in [0.05, 0.1) is 17.4 Å². The van der Waals surface area contributed by atoms with Crippen molar-refractivity contribution in [3.8, 4) is 0 Å². The number of Topliss-reactive ketones (excluding diaryl/α,β-unsaturated/α-hetero) is 1. The fourth-order valence-corrected chi connectivity index (χ4v) is 4.40. The van der Waals surface area contributed by atoms with E-state index in [9.17, 15) is 13.6 Å². The number of benzene rings is 3. The minimum atomic E-state index is -0.924. The van der Waals surface area contributed by atoms with Crippen molar-refractivity contribution >= 4 is 17.2 Å². The van der Waals surface area contributed by atoms with Crippen LogP contribution in [0.1, 0.15) is 35.9 Å². The Morgan fingerprint density at radius 2 is 1.50 bits per heavy atom. The highest BCUT2D eigenvalue weighted by atomic mass is 19.2. The monoisotopic (exact) mass is 402 g/mol. The van der Waals surface area contributed by atoms with Crippen LogP contribution in [0.3, 0.4) is 0 Å². The zero-order valence-corrected chi connectivity index (χ0v) is 16.2. The number of fused-ring (bicyclic) bond motifs is 1. The maximum Gasteiger partial charge on any atom is 0.163 e. The van der Waals surface area contributed by atoms with Crippen LogP contribution >= 0.6 is 0 Å². The van der Waals surface area contributed by atoms with Crippen LogP contribution in [-0.2, 0) is 4.79 Å². The predicted molar refractivity (Wildman–Crippen MR) is 113 cm³/mol. The highest BCUT2D eigenvalue weighted by Crippen LogP contribution is 2.44. The Morgan fingerprint density at radius 3 is 2.27 bits per heavy atom. The Balaban J connectivity index is 1.63. The fourth-order valence-electron chi connectivity index (χ4n) is 4.40. The fraction of sp³-hybridized carbons (Fsp3) is 0.160. The first kappa shape index (κ1) is 18.6. The second-order valence-electron chi connectivity index (χ2n) is 7.75. The van der Waals surface area contributed by atoms with Gasteiger partial charge in [0.2, 0.25) is 0 Å². The molecule has 5 rings (SSSR count). The van der Waals surface area contributed by atoms with E-state index in [1.165, 1.54) is 12.1 Å². The molecule has 150 valence electrons. The van der Waals surface area contributed by atoms with Crippen molar-refractivity contribution in [2.45, 2.75) is 24.8 Å². The van der Waals surface area contributed by atoms with Gasteiger partial charge in [-0.2, -0.15) is 0 Å². The molecule has 0 aromatic heterocycles. The van der Waals surface area contributed by atoms with E-state index in [2.05, 4.69) is 10.6 Å². The van der Waals surface area contributed by atoms with Crippen molar-refractivity contribution < 1.29 is 13.6 Å². The summed E-state index contributed by atoms with van der Waals surface area (Å²) in [6.45, 7) is 0. The number of halogens is 2. The lowest BCUT2D eigenvalue weighted by molar-refractivity contribution is -0.116. The van der Waals surface area contributed by atoms with Crippen LogP contribution < -0.4 is 10.6 Å². The highest BCUT2D eigenvalue weighted by Gasteiger charge is 2.36. The molecule has 0 spiro atoms. The number of anilines is 2. The maximum absolute atomic E-state index is 14.0. The van der Waals surface area contributed by atoms with E-state index in [4.69, 9.17) is 0 Å². The quantitative estimate of drug-likeness (QED) is 0.557. The maximum atomic E-state index is 14.0. The molecule has 0 radical (unpaired) electrons. The summed E-state index contributed by atoms with van der Waals surface area (Å²) in [5.41, 5.74) is 4.72. The number of carbonyl (C=O) groups is 1. The van der Waals surface area contributed by atoms with Crippen molar-refractivity contribution in [1.29, 1.82) is 0 Å². The van der Waals surface area contributed by atoms with Crippen LogP contribution in [0.5, 0.6) is 0 Å². The van der Waals surface area contributed by atoms with Crippen LogP contribution in [0, 0.1) is 11.6 Å². The summed E-state index contributed by atoms with van der Waals surface area (Å²) in [6.07, 6.45) is 1.05. The predicted octanol–water partition coefficient (Wildman–Crippen LogP) is 5.94. The van der Waals surface area contributed by atoms with E-state index < -0.39 is 17.7 Å². The summed E-state index contributed by atoms with van der Waals surface area (Å²) in [5, 5.41) is 6.82. The second-order valence-corrected chi connectivity index (χ2v) is 7.75. The third-order valence-corrected chi connectivity index (χ3v) is 5.86. The van der Waals surface area contributed by atoms with Gasteiger partial charge in [0.15, 0.2) is 17.4 Å². The smallest absolute Gasteiger partial charge is 0.163 e. The molecular weight excluding hydrogens is 382 g/mol. The van der Waals surface area contributed by atoms with Gasteiger partial charge in [-0.05, 0) is 47.7 Å². The van der Waals surface area contributed by atoms with Gasteiger partial charge < -0.3 is 10.6 Å². The molecule has 0 bridgehead atoms. The van der Waals surface area contributed by atoms with Crippen LogP contribution in [0.15, 0.2) is 84.1 Å². The molecule has 0 saturated carbocycles. The average Bonchev–Trinajstić information content (AvgIpc) is 2.93. The molecule has 0 amide bonds. The molecule has 3 aromatic carbocycles. The first-order valence-corrected chi connectivity index (χ1v) is 9.99. The third-order valence-electron chi connectivity index (χ3n) is 5.86. The van der Waals surface area contributed by atoms with Crippen LogP contribution in [0.25, 0.3) is 0 Å². The number of hydrogen-bond acceptors (Lipinski definition) is 3. The SMILES string of the molecule is O=C1C[C@@H](c2ccccc2)CC2=C1[C@@H](c1ccc(F)c(F)c1)Nc1ccccc1N2. The summed E-state index contributed by atoms with van der Waals surface area (Å²) in [7, 11) is 0. The molecule has 2 aliphatic rings. The standard InChI is InChI=1S/C25H20F2N2O/c26-18-11-10-16(12-19(18)27)25-24-22(28-20-8-4-5-9-21(20)29-25)13-17(14-23(24)30)15-6-2-1-3-7-15/h1-12,17,25,28-29H,13-14H2/t17-,25+/m0/s1. The Hall–Kier alpha value is -3.47. The molecule has 30 heavy (non-hydrogen) atoms. The van der Waals surface area contributed by atoms with E-state index in [0.29, 0.717) is 24.0 Å². The number of carbonyl (C=O) groups excluding carboxylic acids is 1. The molecule has 5 heteroatoms. The molecule has 1 aliphatic heterocycles. The molecule has 3 nitrogen and oxygen atoms in total. The summed E-state index contributed by atoms with van der Waals surface area (Å²) < 4.78 is 27.6. The number of ketones is 1. The first-order chi connectivity index (χ1) is 14.6. The van der Waals surface area contributed by atoms with Gasteiger partial charge in [-0.1, -0.05) is 48.5 Å². The molecule has 0 unspecified atom stereocenters. The molecule has 0 fully saturated rings. The molecule has 3 aromatic rings. The zero-order valence-electron chi connectivity index (χ0n) is 16.2. The van der Waals surface area contributed by atoms with Gasteiger partial charge in [-0.15, -0.1) is 0 Å². The van der Waals surface area contributed by atoms with Crippen LogP contribution in [-0.4, -0.2) is 5.78 Å². The first-order valence-electron chi connectivity index (χ1n) is 9.99. The zero-order chi connectivity index (χ0) is 20.7. The van der Waals surface area contributed by atoms with Gasteiger partial charge in [-0.3, -0.25) is 4.79 Å². The van der Waals surface area contributed by atoms with Crippen LogP contribution in [0.4, 0.5) is 20.2 Å². The van der Waals surface area contributed by atoms with E-state index in [0.717, 1.165) is 28.7 Å². The van der Waals surface area contributed by atoms with E-state index in [1.54, 1.807) is 0 Å². The third kappa shape index (κ3) is 3.26. The van der Waals surface area contributed by atoms with Gasteiger partial charge in [0, 0.05) is 17.7 Å². The summed E-state index contributed by atoms with van der Waals surface area (Å²) in [6, 6.07) is 20.9.